The van der Waals surface area contributed by atoms with Gasteiger partial charge in [0.2, 0.25) is 6.41 Å². The van der Waals surface area contributed by atoms with Crippen molar-refractivity contribution in [2.75, 3.05) is 45.2 Å². The van der Waals surface area contributed by atoms with Crippen LogP contribution in [-0.2, 0) is 4.79 Å². The third-order valence-electron chi connectivity index (χ3n) is 7.67. The van der Waals surface area contributed by atoms with E-state index in [0.29, 0.717) is 47.6 Å². The molecular formula is C31H36FN5O3. The van der Waals surface area contributed by atoms with Crippen LogP contribution in [0.3, 0.4) is 0 Å². The van der Waals surface area contributed by atoms with E-state index in [2.05, 4.69) is 14.8 Å². The number of nitrogens with zero attached hydrogens (tertiary/aromatic N) is 5. The lowest BCUT2D eigenvalue weighted by molar-refractivity contribution is -0.120. The predicted octanol–water partition coefficient (Wildman–Crippen LogP) is 4.99. The average Bonchev–Trinajstić information content (AvgIpc) is 2.93. The number of piperazine rings is 1. The normalized spacial score (nSPS) is 17.7. The van der Waals surface area contributed by atoms with E-state index in [0.717, 1.165) is 30.1 Å². The zero-order chi connectivity index (χ0) is 28.6. The van der Waals surface area contributed by atoms with Crippen LogP contribution in [0.4, 0.5) is 10.2 Å². The Kier molecular flexibility index (Phi) is 7.76. The first kappa shape index (κ1) is 27.6. The van der Waals surface area contributed by atoms with Gasteiger partial charge in [-0.25, -0.2) is 4.39 Å². The SMILES string of the molecule is Cc1cc2c(N3C[C@@H](C)N(C=O)C[C@@H]3C)nc(OCCCN(C)C)nc2c(F)c1-c1c(O)ccc2ccccc12. The topological polar surface area (TPSA) is 82.0 Å². The summed E-state index contributed by atoms with van der Waals surface area (Å²) in [5.41, 5.74) is 1.54. The van der Waals surface area contributed by atoms with E-state index in [-0.39, 0.29) is 29.4 Å². The van der Waals surface area contributed by atoms with E-state index >= 15 is 4.39 Å². The Balaban J connectivity index is 1.69. The van der Waals surface area contributed by atoms with E-state index in [1.54, 1.807) is 11.0 Å². The first-order valence-electron chi connectivity index (χ1n) is 13.7. The summed E-state index contributed by atoms with van der Waals surface area (Å²) < 4.78 is 22.7. The van der Waals surface area contributed by atoms with Crippen molar-refractivity contribution in [3.63, 3.8) is 0 Å². The van der Waals surface area contributed by atoms with Gasteiger partial charge in [0, 0.05) is 48.2 Å². The summed E-state index contributed by atoms with van der Waals surface area (Å²) >= 11 is 0. The van der Waals surface area contributed by atoms with Crippen LogP contribution >= 0.6 is 0 Å². The second-order valence-electron chi connectivity index (χ2n) is 10.9. The van der Waals surface area contributed by atoms with Crippen molar-refractivity contribution in [3.8, 4) is 22.9 Å². The number of anilines is 1. The number of benzene rings is 3. The van der Waals surface area contributed by atoms with Gasteiger partial charge in [0.05, 0.1) is 6.61 Å². The third-order valence-corrected chi connectivity index (χ3v) is 7.67. The fourth-order valence-corrected chi connectivity index (χ4v) is 5.57. The quantitative estimate of drug-likeness (QED) is 0.247. The maximum Gasteiger partial charge on any atom is 0.319 e. The summed E-state index contributed by atoms with van der Waals surface area (Å²) in [6.07, 6.45) is 1.64. The summed E-state index contributed by atoms with van der Waals surface area (Å²) in [5, 5.41) is 13.2. The number of carbonyl (C=O) groups is 1. The lowest BCUT2D eigenvalue weighted by Gasteiger charge is -2.43. The summed E-state index contributed by atoms with van der Waals surface area (Å²) in [6, 6.07) is 12.9. The second kappa shape index (κ2) is 11.3. The van der Waals surface area contributed by atoms with E-state index < -0.39 is 5.82 Å². The summed E-state index contributed by atoms with van der Waals surface area (Å²) in [6.45, 7) is 8.14. The number of aryl methyl sites for hydroxylation is 1. The molecule has 5 rings (SSSR count). The highest BCUT2D eigenvalue weighted by Crippen LogP contribution is 2.43. The number of carbonyl (C=O) groups excluding carboxylic acids is 1. The van der Waals surface area contributed by atoms with Gasteiger partial charge in [-0.05, 0) is 69.8 Å². The smallest absolute Gasteiger partial charge is 0.319 e. The van der Waals surface area contributed by atoms with Crippen molar-refractivity contribution in [2.24, 2.45) is 0 Å². The van der Waals surface area contributed by atoms with Gasteiger partial charge < -0.3 is 24.5 Å². The number of rotatable bonds is 8. The molecule has 1 fully saturated rings. The molecule has 3 aromatic carbocycles. The summed E-state index contributed by atoms with van der Waals surface area (Å²) in [4.78, 5) is 26.9. The molecule has 0 bridgehead atoms. The number of phenolic OH excluding ortho intramolecular Hbond substituents is 1. The standard InChI is InChI=1S/C31H36FN5O3/c1-19-15-24-29(28(32)26(19)27-23-10-7-6-9-22(23)11-12-25(27)39)33-31(40-14-8-13-35(4)5)34-30(24)37-17-20(2)36(18-38)16-21(37)3/h6-7,9-12,15,18,20-21,39H,8,13-14,16-17H2,1-5H3/t20-,21+/m1/s1. The van der Waals surface area contributed by atoms with Crippen molar-refractivity contribution >= 4 is 33.9 Å². The first-order valence-corrected chi connectivity index (χ1v) is 13.7. The van der Waals surface area contributed by atoms with Gasteiger partial charge in [0.25, 0.3) is 0 Å². The number of fused-ring (bicyclic) bond motifs is 2. The maximum absolute atomic E-state index is 16.7. The van der Waals surface area contributed by atoms with Gasteiger partial charge in [0.15, 0.2) is 5.82 Å². The Morgan fingerprint density at radius 1 is 1.07 bits per heavy atom. The molecule has 2 heterocycles. The van der Waals surface area contributed by atoms with Gasteiger partial charge in [0.1, 0.15) is 17.1 Å². The average molecular weight is 546 g/mol. The zero-order valence-corrected chi connectivity index (χ0v) is 23.7. The molecule has 1 aromatic heterocycles. The van der Waals surface area contributed by atoms with Gasteiger partial charge in [-0.3, -0.25) is 4.79 Å². The number of aromatic nitrogens is 2. The molecule has 2 atom stereocenters. The molecule has 0 aliphatic carbocycles. The van der Waals surface area contributed by atoms with Crippen molar-refractivity contribution in [2.45, 2.75) is 39.3 Å². The monoisotopic (exact) mass is 545 g/mol. The highest BCUT2D eigenvalue weighted by Gasteiger charge is 2.32. The molecule has 1 amide bonds. The van der Waals surface area contributed by atoms with Crippen LogP contribution in [0.1, 0.15) is 25.8 Å². The molecule has 0 spiro atoms. The molecule has 210 valence electrons. The fourth-order valence-electron chi connectivity index (χ4n) is 5.57. The van der Waals surface area contributed by atoms with Crippen molar-refractivity contribution in [1.82, 2.24) is 19.8 Å². The number of phenols is 1. The molecule has 1 N–H and O–H groups in total. The molecule has 0 unspecified atom stereocenters. The minimum Gasteiger partial charge on any atom is -0.507 e. The van der Waals surface area contributed by atoms with E-state index in [4.69, 9.17) is 9.72 Å². The first-order chi connectivity index (χ1) is 19.2. The van der Waals surface area contributed by atoms with Gasteiger partial charge in [-0.2, -0.15) is 9.97 Å². The predicted molar refractivity (Wildman–Crippen MR) is 157 cm³/mol. The number of aromatic hydroxyl groups is 1. The molecule has 40 heavy (non-hydrogen) atoms. The van der Waals surface area contributed by atoms with E-state index in [1.165, 1.54) is 0 Å². The van der Waals surface area contributed by atoms with Crippen LogP contribution in [0, 0.1) is 12.7 Å². The van der Waals surface area contributed by atoms with Gasteiger partial charge in [-0.15, -0.1) is 0 Å². The number of halogens is 1. The van der Waals surface area contributed by atoms with Gasteiger partial charge in [-0.1, -0.05) is 30.3 Å². The molecule has 0 saturated carbocycles. The lowest BCUT2D eigenvalue weighted by atomic mass is 9.92. The molecule has 1 aliphatic rings. The molecule has 8 nitrogen and oxygen atoms in total. The Morgan fingerprint density at radius 2 is 1.85 bits per heavy atom. The minimum absolute atomic E-state index is 0.00178. The summed E-state index contributed by atoms with van der Waals surface area (Å²) in [7, 11) is 3.99. The zero-order valence-electron chi connectivity index (χ0n) is 23.7. The molecule has 9 heteroatoms. The van der Waals surface area contributed by atoms with Crippen molar-refractivity contribution in [3.05, 3.63) is 53.8 Å². The number of hydrogen-bond donors (Lipinski definition) is 1. The molecular weight excluding hydrogens is 509 g/mol. The van der Waals surface area contributed by atoms with Crippen molar-refractivity contribution < 1.29 is 19.0 Å². The van der Waals surface area contributed by atoms with Crippen LogP contribution in [0.5, 0.6) is 11.8 Å². The van der Waals surface area contributed by atoms with Crippen LogP contribution in [0.15, 0.2) is 42.5 Å². The fraction of sp³-hybridized carbons (Fsp3) is 0.387. The number of ether oxygens (including phenoxy) is 1. The van der Waals surface area contributed by atoms with Crippen LogP contribution in [-0.4, -0.2) is 83.7 Å². The molecule has 4 aromatic rings. The van der Waals surface area contributed by atoms with Crippen LogP contribution < -0.4 is 9.64 Å². The van der Waals surface area contributed by atoms with Crippen LogP contribution in [0.2, 0.25) is 0 Å². The summed E-state index contributed by atoms with van der Waals surface area (Å²) in [5.74, 6) is 0.0470. The maximum atomic E-state index is 16.7. The Bertz CT molecular complexity index is 1560. The van der Waals surface area contributed by atoms with E-state index in [1.807, 2.05) is 71.3 Å². The molecule has 1 aliphatic heterocycles. The number of amides is 1. The Labute approximate surface area is 234 Å². The Hall–Kier alpha value is -3.98. The highest BCUT2D eigenvalue weighted by atomic mass is 19.1. The molecule has 0 radical (unpaired) electrons. The second-order valence-corrected chi connectivity index (χ2v) is 10.9. The van der Waals surface area contributed by atoms with Crippen LogP contribution in [0.25, 0.3) is 32.8 Å². The number of hydrogen-bond acceptors (Lipinski definition) is 7. The third kappa shape index (κ3) is 5.13. The highest BCUT2D eigenvalue weighted by molar-refractivity contribution is 6.03. The molecule has 1 saturated heterocycles. The largest absolute Gasteiger partial charge is 0.507 e. The van der Waals surface area contributed by atoms with Gasteiger partial charge >= 0.3 is 6.01 Å². The minimum atomic E-state index is -0.532. The Morgan fingerprint density at radius 3 is 2.60 bits per heavy atom. The lowest BCUT2D eigenvalue weighted by Crippen LogP contribution is -2.56. The van der Waals surface area contributed by atoms with Crippen molar-refractivity contribution in [1.29, 1.82) is 0 Å². The van der Waals surface area contributed by atoms with E-state index in [9.17, 15) is 9.90 Å².